The smallest absolute Gasteiger partial charge is 0.318 e. The van der Waals surface area contributed by atoms with E-state index in [1.54, 1.807) is 18.2 Å². The van der Waals surface area contributed by atoms with Crippen molar-refractivity contribution in [2.75, 3.05) is 12.0 Å². The molecule has 0 N–H and O–H groups in total. The number of carbonyl (C=O) groups excluding carboxylic acids is 1. The summed E-state index contributed by atoms with van der Waals surface area (Å²) in [4.78, 5) is 36.0. The van der Waals surface area contributed by atoms with E-state index in [-0.39, 0.29) is 23.2 Å². The van der Waals surface area contributed by atoms with E-state index in [2.05, 4.69) is 0 Å². The molecule has 3 aromatic carbocycles. The van der Waals surface area contributed by atoms with Gasteiger partial charge < -0.3 is 9.47 Å². The molecule has 0 atom stereocenters. The number of aryl methyl sites for hydroxylation is 2. The van der Waals surface area contributed by atoms with Gasteiger partial charge in [0, 0.05) is 6.07 Å². The van der Waals surface area contributed by atoms with Crippen molar-refractivity contribution < 1.29 is 24.1 Å². The number of nitro benzene ring substituents is 2. The van der Waals surface area contributed by atoms with E-state index >= 15 is 0 Å². The minimum absolute atomic E-state index is 0.152. The third-order valence-electron chi connectivity index (χ3n) is 5.44. The Labute approximate surface area is 220 Å². The number of rotatable bonds is 7. The van der Waals surface area contributed by atoms with Gasteiger partial charge in [-0.3, -0.25) is 29.9 Å². The molecule has 0 aliphatic carbocycles. The van der Waals surface area contributed by atoms with E-state index in [1.807, 2.05) is 32.0 Å². The Balaban J connectivity index is 1.63. The van der Waals surface area contributed by atoms with E-state index < -0.39 is 21.2 Å². The summed E-state index contributed by atoms with van der Waals surface area (Å²) in [5.41, 5.74) is 2.36. The number of ether oxygens (including phenoxy) is 2. The number of amides is 1. The summed E-state index contributed by atoms with van der Waals surface area (Å²) in [5, 5.41) is 22.4. The number of anilines is 1. The van der Waals surface area contributed by atoms with Gasteiger partial charge >= 0.3 is 5.69 Å². The fraction of sp³-hybridized carbons (Fsp3) is 0.120. The Morgan fingerprint density at radius 1 is 0.946 bits per heavy atom. The van der Waals surface area contributed by atoms with Gasteiger partial charge in [0.1, 0.15) is 0 Å². The van der Waals surface area contributed by atoms with Gasteiger partial charge in [0.15, 0.2) is 15.8 Å². The zero-order valence-electron chi connectivity index (χ0n) is 19.8. The molecule has 1 aliphatic rings. The van der Waals surface area contributed by atoms with Crippen molar-refractivity contribution in [3.8, 4) is 17.2 Å². The van der Waals surface area contributed by atoms with Gasteiger partial charge in [-0.25, -0.2) is 0 Å². The maximum atomic E-state index is 13.2. The number of carbonyl (C=O) groups is 1. The minimum Gasteiger partial charge on any atom is -0.493 e. The van der Waals surface area contributed by atoms with E-state index in [1.165, 1.54) is 29.8 Å². The van der Waals surface area contributed by atoms with Gasteiger partial charge in [-0.1, -0.05) is 47.7 Å². The fourth-order valence-electron chi connectivity index (χ4n) is 3.71. The Kier molecular flexibility index (Phi) is 7.23. The first-order chi connectivity index (χ1) is 17.6. The lowest BCUT2D eigenvalue weighted by Crippen LogP contribution is -2.28. The van der Waals surface area contributed by atoms with Crippen LogP contribution in [0.4, 0.5) is 17.1 Å². The van der Waals surface area contributed by atoms with Crippen LogP contribution in [0.5, 0.6) is 17.2 Å². The van der Waals surface area contributed by atoms with E-state index in [0.29, 0.717) is 14.8 Å². The number of non-ortho nitro benzene ring substituents is 1. The van der Waals surface area contributed by atoms with Gasteiger partial charge in [-0.2, -0.15) is 0 Å². The Morgan fingerprint density at radius 3 is 2.32 bits per heavy atom. The van der Waals surface area contributed by atoms with Crippen molar-refractivity contribution in [1.29, 1.82) is 0 Å². The summed E-state index contributed by atoms with van der Waals surface area (Å²) in [5.74, 6) is -0.0376. The van der Waals surface area contributed by atoms with Gasteiger partial charge in [0.05, 0.1) is 33.6 Å². The molecule has 0 radical (unpaired) electrons. The van der Waals surface area contributed by atoms with Crippen LogP contribution in [0.25, 0.3) is 6.08 Å². The largest absolute Gasteiger partial charge is 0.493 e. The minimum atomic E-state index is -0.763. The average molecular weight is 538 g/mol. The highest BCUT2D eigenvalue weighted by atomic mass is 32.2. The highest BCUT2D eigenvalue weighted by Gasteiger charge is 2.34. The standard InChI is InChI=1S/C25H19N3O7S2/c1-14-4-7-18(15(2)10-14)26-24(29)23(37-25(26)36)12-16-5-8-21(22(11-16)34-3)35-20-9-6-17(27(30)31)13-19(20)28(32)33/h4-13H,1-3H3/b23-12-. The second-order valence-corrected chi connectivity index (χ2v) is 9.66. The predicted molar refractivity (Wildman–Crippen MR) is 144 cm³/mol. The first-order valence-corrected chi connectivity index (χ1v) is 12.0. The molecular formula is C25H19N3O7S2. The number of methoxy groups -OCH3 is 1. The molecule has 37 heavy (non-hydrogen) atoms. The van der Waals surface area contributed by atoms with Crippen LogP contribution in [0.15, 0.2) is 59.5 Å². The molecule has 0 saturated carbocycles. The number of thioether (sulfide) groups is 1. The molecule has 1 heterocycles. The molecular weight excluding hydrogens is 518 g/mol. The highest BCUT2D eigenvalue weighted by molar-refractivity contribution is 8.27. The van der Waals surface area contributed by atoms with E-state index in [9.17, 15) is 25.0 Å². The maximum absolute atomic E-state index is 13.2. The van der Waals surface area contributed by atoms with Crippen LogP contribution < -0.4 is 14.4 Å². The second-order valence-electron chi connectivity index (χ2n) is 7.99. The monoisotopic (exact) mass is 537 g/mol. The molecule has 12 heteroatoms. The molecule has 0 spiro atoms. The number of thiocarbonyl (C=S) groups is 1. The molecule has 4 rings (SSSR count). The van der Waals surface area contributed by atoms with Gasteiger partial charge in [0.2, 0.25) is 5.75 Å². The Morgan fingerprint density at radius 2 is 1.68 bits per heavy atom. The third-order valence-corrected chi connectivity index (χ3v) is 6.74. The lowest BCUT2D eigenvalue weighted by molar-refractivity contribution is -0.394. The number of nitro groups is 2. The molecule has 0 aromatic heterocycles. The summed E-state index contributed by atoms with van der Waals surface area (Å²) in [6.07, 6.45) is 1.67. The van der Waals surface area contributed by atoms with Gasteiger partial charge in [-0.05, 0) is 55.3 Å². The summed E-state index contributed by atoms with van der Waals surface area (Å²) in [7, 11) is 1.40. The van der Waals surface area contributed by atoms with Crippen LogP contribution in [-0.4, -0.2) is 27.2 Å². The fourth-order valence-corrected chi connectivity index (χ4v) is 4.99. The van der Waals surface area contributed by atoms with Crippen LogP contribution in [0.3, 0.4) is 0 Å². The van der Waals surface area contributed by atoms with Crippen LogP contribution in [-0.2, 0) is 4.79 Å². The summed E-state index contributed by atoms with van der Waals surface area (Å²) < 4.78 is 11.5. The molecule has 0 unspecified atom stereocenters. The van der Waals surface area contributed by atoms with Gasteiger partial charge in [-0.15, -0.1) is 0 Å². The maximum Gasteiger partial charge on any atom is 0.318 e. The number of benzene rings is 3. The lowest BCUT2D eigenvalue weighted by atomic mass is 10.1. The molecule has 188 valence electrons. The SMILES string of the molecule is COc1cc(/C=C2\SC(=S)N(c3ccc(C)cc3C)C2=O)ccc1Oc1ccc([N+](=O)[O-])cc1[N+](=O)[O-]. The lowest BCUT2D eigenvalue weighted by Gasteiger charge is -2.17. The van der Waals surface area contributed by atoms with Crippen molar-refractivity contribution in [3.05, 3.63) is 96.4 Å². The van der Waals surface area contributed by atoms with Crippen LogP contribution in [0.1, 0.15) is 16.7 Å². The number of hydrogen-bond acceptors (Lipinski definition) is 9. The third kappa shape index (κ3) is 5.29. The normalized spacial score (nSPS) is 14.2. The first kappa shape index (κ1) is 25.8. The van der Waals surface area contributed by atoms with Crippen molar-refractivity contribution in [2.45, 2.75) is 13.8 Å². The molecule has 10 nitrogen and oxygen atoms in total. The van der Waals surface area contributed by atoms with Crippen molar-refractivity contribution in [2.24, 2.45) is 0 Å². The quantitative estimate of drug-likeness (QED) is 0.147. The molecule has 1 amide bonds. The predicted octanol–water partition coefficient (Wildman–Crippen LogP) is 6.33. The molecule has 1 fully saturated rings. The van der Waals surface area contributed by atoms with Crippen molar-refractivity contribution in [1.82, 2.24) is 0 Å². The zero-order valence-corrected chi connectivity index (χ0v) is 21.4. The second kappa shape index (κ2) is 10.4. The summed E-state index contributed by atoms with van der Waals surface area (Å²) in [6.45, 7) is 3.89. The average Bonchev–Trinajstić information content (AvgIpc) is 3.12. The molecule has 3 aromatic rings. The van der Waals surface area contributed by atoms with Gasteiger partial charge in [0.25, 0.3) is 11.6 Å². The Bertz CT molecular complexity index is 1500. The van der Waals surface area contributed by atoms with Crippen LogP contribution >= 0.6 is 24.0 Å². The number of hydrogen-bond donors (Lipinski definition) is 0. The number of nitrogens with zero attached hydrogens (tertiary/aromatic N) is 3. The zero-order chi connectivity index (χ0) is 26.9. The molecule has 0 bridgehead atoms. The van der Waals surface area contributed by atoms with Crippen molar-refractivity contribution >= 4 is 57.3 Å². The summed E-state index contributed by atoms with van der Waals surface area (Å²) >= 11 is 6.65. The van der Waals surface area contributed by atoms with Crippen LogP contribution in [0.2, 0.25) is 0 Å². The van der Waals surface area contributed by atoms with Crippen molar-refractivity contribution in [3.63, 3.8) is 0 Å². The molecule has 1 saturated heterocycles. The van der Waals surface area contributed by atoms with E-state index in [4.69, 9.17) is 21.7 Å². The highest BCUT2D eigenvalue weighted by Crippen LogP contribution is 2.40. The van der Waals surface area contributed by atoms with E-state index in [0.717, 1.165) is 35.0 Å². The molecule has 1 aliphatic heterocycles. The summed E-state index contributed by atoms with van der Waals surface area (Å²) in [6, 6.07) is 13.7. The first-order valence-electron chi connectivity index (χ1n) is 10.7. The Hall–Kier alpha value is -4.29. The topological polar surface area (TPSA) is 125 Å². The van der Waals surface area contributed by atoms with Crippen LogP contribution in [0, 0.1) is 34.1 Å².